The van der Waals surface area contributed by atoms with Gasteiger partial charge in [0.25, 0.3) is 6.43 Å². The monoisotopic (exact) mass is 346 g/mol. The van der Waals surface area contributed by atoms with Gasteiger partial charge in [-0.1, -0.05) is 6.92 Å². The van der Waals surface area contributed by atoms with Crippen LogP contribution in [0.4, 0.5) is 23.7 Å². The highest BCUT2D eigenvalue weighted by Gasteiger charge is 2.31. The van der Waals surface area contributed by atoms with E-state index in [1.165, 1.54) is 11.0 Å². The van der Waals surface area contributed by atoms with Gasteiger partial charge < -0.3 is 20.1 Å². The van der Waals surface area contributed by atoms with Crippen molar-refractivity contribution in [1.29, 1.82) is 0 Å². The maximum Gasteiger partial charge on any atom is 0.322 e. The van der Waals surface area contributed by atoms with Gasteiger partial charge in [-0.25, -0.2) is 18.0 Å². The molecule has 2 rings (SSSR count). The molecule has 2 amide bonds. The van der Waals surface area contributed by atoms with Gasteiger partial charge in [-0.05, 0) is 30.9 Å². The van der Waals surface area contributed by atoms with Gasteiger partial charge in [0.05, 0.1) is 18.3 Å². The normalized spacial score (nSPS) is 21.0. The van der Waals surface area contributed by atoms with Gasteiger partial charge in [0.2, 0.25) is 0 Å². The SMILES string of the molecule is CC1CCCN(C(=O)Nc2ccc(F)cc2OCC(F)F)C1CO. The summed E-state index contributed by atoms with van der Waals surface area (Å²) in [7, 11) is 0. The summed E-state index contributed by atoms with van der Waals surface area (Å²) < 4.78 is 42.8. The lowest BCUT2D eigenvalue weighted by atomic mass is 9.91. The van der Waals surface area contributed by atoms with Gasteiger partial charge in [0.1, 0.15) is 18.2 Å². The van der Waals surface area contributed by atoms with Crippen LogP contribution in [0.2, 0.25) is 0 Å². The molecule has 0 bridgehead atoms. The minimum absolute atomic E-state index is 0.108. The second kappa shape index (κ2) is 8.23. The molecule has 0 aromatic heterocycles. The first kappa shape index (κ1) is 18.4. The van der Waals surface area contributed by atoms with Crippen LogP contribution >= 0.6 is 0 Å². The molecular formula is C16H21F3N2O3. The molecule has 0 saturated carbocycles. The smallest absolute Gasteiger partial charge is 0.322 e. The second-order valence-corrected chi connectivity index (χ2v) is 5.84. The standard InChI is InChI=1S/C16H21F3N2O3/c1-10-3-2-6-21(13(10)8-22)16(23)20-12-5-4-11(17)7-14(12)24-9-15(18)19/h4-5,7,10,13,15,22H,2-3,6,8-9H2,1H3,(H,20,23). The number of hydrogen-bond acceptors (Lipinski definition) is 3. The fourth-order valence-corrected chi connectivity index (χ4v) is 2.84. The fourth-order valence-electron chi connectivity index (χ4n) is 2.84. The Kier molecular flexibility index (Phi) is 6.30. The molecule has 2 atom stereocenters. The second-order valence-electron chi connectivity index (χ2n) is 5.84. The molecular weight excluding hydrogens is 325 g/mol. The van der Waals surface area contributed by atoms with Crippen molar-refractivity contribution in [3.63, 3.8) is 0 Å². The van der Waals surface area contributed by atoms with Crippen molar-refractivity contribution in [2.24, 2.45) is 5.92 Å². The number of rotatable bonds is 5. The molecule has 5 nitrogen and oxygen atoms in total. The van der Waals surface area contributed by atoms with Crippen LogP contribution in [0.25, 0.3) is 0 Å². The number of urea groups is 1. The summed E-state index contributed by atoms with van der Waals surface area (Å²) in [6, 6.07) is 2.52. The Hall–Kier alpha value is -1.96. The predicted octanol–water partition coefficient (Wildman–Crippen LogP) is 3.09. The molecule has 1 saturated heterocycles. The Morgan fingerprint density at radius 1 is 1.50 bits per heavy atom. The molecule has 1 aliphatic heterocycles. The van der Waals surface area contributed by atoms with Crippen molar-refractivity contribution in [2.75, 3.05) is 25.1 Å². The lowest BCUT2D eigenvalue weighted by Crippen LogP contribution is -2.51. The molecule has 24 heavy (non-hydrogen) atoms. The lowest BCUT2D eigenvalue weighted by molar-refractivity contribution is 0.0800. The van der Waals surface area contributed by atoms with Crippen molar-refractivity contribution in [3.05, 3.63) is 24.0 Å². The number of carbonyl (C=O) groups is 1. The van der Waals surface area contributed by atoms with Crippen molar-refractivity contribution in [3.8, 4) is 5.75 Å². The number of benzene rings is 1. The fraction of sp³-hybridized carbons (Fsp3) is 0.562. The Bertz CT molecular complexity index is 571. The van der Waals surface area contributed by atoms with Gasteiger partial charge in [0, 0.05) is 12.6 Å². The Balaban J connectivity index is 2.13. The molecule has 0 spiro atoms. The first-order chi connectivity index (χ1) is 11.4. The average Bonchev–Trinajstić information content (AvgIpc) is 2.54. The van der Waals surface area contributed by atoms with E-state index in [9.17, 15) is 23.1 Å². The summed E-state index contributed by atoms with van der Waals surface area (Å²) in [5.74, 6) is -0.663. The summed E-state index contributed by atoms with van der Waals surface area (Å²) in [6.07, 6.45) is -0.990. The van der Waals surface area contributed by atoms with Crippen molar-refractivity contribution < 1.29 is 27.8 Å². The molecule has 2 N–H and O–H groups in total. The zero-order valence-electron chi connectivity index (χ0n) is 13.3. The maximum atomic E-state index is 13.3. The van der Waals surface area contributed by atoms with E-state index in [-0.39, 0.29) is 30.0 Å². The number of likely N-dealkylation sites (tertiary alicyclic amines) is 1. The molecule has 134 valence electrons. The third-order valence-electron chi connectivity index (χ3n) is 4.11. The average molecular weight is 346 g/mol. The number of amides is 2. The number of halogens is 3. The number of hydrogen-bond donors (Lipinski definition) is 2. The predicted molar refractivity (Wildman–Crippen MR) is 82.9 cm³/mol. The quantitative estimate of drug-likeness (QED) is 0.861. The topological polar surface area (TPSA) is 61.8 Å². The Morgan fingerprint density at radius 2 is 2.25 bits per heavy atom. The van der Waals surface area contributed by atoms with Crippen LogP contribution in [0.5, 0.6) is 5.75 Å². The lowest BCUT2D eigenvalue weighted by Gasteiger charge is -2.38. The summed E-state index contributed by atoms with van der Waals surface area (Å²) in [5.41, 5.74) is 0.108. The number of ether oxygens (including phenoxy) is 1. The largest absolute Gasteiger partial charge is 0.485 e. The number of alkyl halides is 2. The highest BCUT2D eigenvalue weighted by atomic mass is 19.3. The molecule has 1 fully saturated rings. The van der Waals surface area contributed by atoms with Crippen LogP contribution in [0, 0.1) is 11.7 Å². The van der Waals surface area contributed by atoms with Crippen molar-refractivity contribution >= 4 is 11.7 Å². The highest BCUT2D eigenvalue weighted by Crippen LogP contribution is 2.28. The van der Waals surface area contributed by atoms with Crippen molar-refractivity contribution in [2.45, 2.75) is 32.2 Å². The van der Waals surface area contributed by atoms with Crippen LogP contribution in [-0.4, -0.2) is 48.3 Å². The van der Waals surface area contributed by atoms with E-state index >= 15 is 0 Å². The van der Waals surface area contributed by atoms with Gasteiger partial charge in [0.15, 0.2) is 0 Å². The third-order valence-corrected chi connectivity index (χ3v) is 4.11. The van der Waals surface area contributed by atoms with E-state index in [0.717, 1.165) is 25.0 Å². The third kappa shape index (κ3) is 4.53. The summed E-state index contributed by atoms with van der Waals surface area (Å²) in [5, 5.41) is 12.1. The molecule has 1 heterocycles. The van der Waals surface area contributed by atoms with Gasteiger partial charge >= 0.3 is 6.03 Å². The summed E-state index contributed by atoms with van der Waals surface area (Å²) in [6.45, 7) is 1.38. The Labute approximate surface area is 138 Å². The number of nitrogens with zero attached hydrogens (tertiary/aromatic N) is 1. The molecule has 1 aromatic rings. The zero-order chi connectivity index (χ0) is 17.7. The number of nitrogens with one attached hydrogen (secondary N) is 1. The number of anilines is 1. The van der Waals surface area contributed by atoms with E-state index in [1.54, 1.807) is 0 Å². The first-order valence-corrected chi connectivity index (χ1v) is 7.81. The van der Waals surface area contributed by atoms with E-state index < -0.39 is 24.9 Å². The molecule has 1 aromatic carbocycles. The number of carbonyl (C=O) groups excluding carboxylic acids is 1. The van der Waals surface area contributed by atoms with Gasteiger partial charge in [-0.3, -0.25) is 0 Å². The van der Waals surface area contributed by atoms with Gasteiger partial charge in [-0.15, -0.1) is 0 Å². The van der Waals surface area contributed by atoms with E-state index in [2.05, 4.69) is 5.32 Å². The molecule has 0 radical (unpaired) electrons. The molecule has 2 unspecified atom stereocenters. The maximum absolute atomic E-state index is 13.3. The minimum atomic E-state index is -2.71. The number of piperidine rings is 1. The highest BCUT2D eigenvalue weighted by molar-refractivity contribution is 5.91. The van der Waals surface area contributed by atoms with Crippen LogP contribution in [0.15, 0.2) is 18.2 Å². The summed E-state index contributed by atoms with van der Waals surface area (Å²) in [4.78, 5) is 14.0. The number of aliphatic hydroxyl groups excluding tert-OH is 1. The molecule has 0 aliphatic carbocycles. The first-order valence-electron chi connectivity index (χ1n) is 7.81. The Morgan fingerprint density at radius 3 is 2.92 bits per heavy atom. The van der Waals surface area contributed by atoms with Crippen LogP contribution < -0.4 is 10.1 Å². The molecule has 1 aliphatic rings. The van der Waals surface area contributed by atoms with E-state index in [1.807, 2.05) is 6.92 Å². The molecule has 8 heteroatoms. The van der Waals surface area contributed by atoms with Crippen molar-refractivity contribution in [1.82, 2.24) is 4.90 Å². The summed E-state index contributed by atoms with van der Waals surface area (Å²) >= 11 is 0. The van der Waals surface area contributed by atoms with E-state index in [0.29, 0.717) is 6.54 Å². The minimum Gasteiger partial charge on any atom is -0.485 e. The number of aliphatic hydroxyl groups is 1. The van der Waals surface area contributed by atoms with Gasteiger partial charge in [-0.2, -0.15) is 0 Å². The van der Waals surface area contributed by atoms with Crippen LogP contribution in [-0.2, 0) is 0 Å². The van der Waals surface area contributed by atoms with Crippen LogP contribution in [0.3, 0.4) is 0 Å². The van der Waals surface area contributed by atoms with Crippen LogP contribution in [0.1, 0.15) is 19.8 Å². The zero-order valence-corrected chi connectivity index (χ0v) is 13.3. The van der Waals surface area contributed by atoms with E-state index in [4.69, 9.17) is 4.74 Å².